The molecule has 0 spiro atoms. The molecule has 0 saturated heterocycles. The molecule has 4 aliphatic carbocycles. The van der Waals surface area contributed by atoms with Gasteiger partial charge in [0.05, 0.1) is 0 Å². The van der Waals surface area contributed by atoms with Gasteiger partial charge in [-0.15, -0.1) is 6.58 Å². The lowest BCUT2D eigenvalue weighted by Crippen LogP contribution is -2.51. The Bertz CT molecular complexity index is 709. The fourth-order valence-electron chi connectivity index (χ4n) is 8.24. The van der Waals surface area contributed by atoms with Crippen molar-refractivity contribution in [2.45, 2.75) is 97.4 Å². The van der Waals surface area contributed by atoms with Crippen molar-refractivity contribution in [3.05, 3.63) is 24.3 Å². The Morgan fingerprint density at radius 3 is 2.66 bits per heavy atom. The number of hydrogen-bond acceptors (Lipinski definition) is 2. The van der Waals surface area contributed by atoms with E-state index in [0.717, 1.165) is 36.6 Å². The van der Waals surface area contributed by atoms with Gasteiger partial charge in [0.1, 0.15) is 5.78 Å². The lowest BCUT2D eigenvalue weighted by Gasteiger charge is -2.58. The molecule has 4 rings (SSSR count). The first-order valence-corrected chi connectivity index (χ1v) is 15.2. The van der Waals surface area contributed by atoms with Crippen LogP contribution in [0.15, 0.2) is 24.3 Å². The summed E-state index contributed by atoms with van der Waals surface area (Å²) in [6.45, 7) is 15.5. The molecule has 0 amide bonds. The number of fused-ring (bicyclic) bond motifs is 5. The van der Waals surface area contributed by atoms with Crippen molar-refractivity contribution < 1.29 is 9.22 Å². The van der Waals surface area contributed by atoms with Crippen molar-refractivity contribution in [2.75, 3.05) is 0 Å². The number of allylic oxidation sites excluding steroid dienone is 2. The van der Waals surface area contributed by atoms with E-state index in [1.807, 2.05) is 13.0 Å². The summed E-state index contributed by atoms with van der Waals surface area (Å²) >= 11 is 0. The number of carbonyl (C=O) groups excluding carboxylic acids is 1. The molecule has 2 nitrogen and oxygen atoms in total. The minimum absolute atomic E-state index is 0.259. The van der Waals surface area contributed by atoms with Crippen LogP contribution in [0.1, 0.15) is 72.1 Å². The second kappa shape index (κ2) is 7.48. The fourth-order valence-corrected chi connectivity index (χ4v) is 10.1. The highest BCUT2D eigenvalue weighted by Gasteiger charge is 2.59. The largest absolute Gasteiger partial charge is 0.414 e. The third-order valence-electron chi connectivity index (χ3n) is 9.67. The van der Waals surface area contributed by atoms with E-state index in [1.165, 1.54) is 38.5 Å². The maximum atomic E-state index is 12.3. The Morgan fingerprint density at radius 2 is 1.97 bits per heavy atom. The maximum absolute atomic E-state index is 12.3. The van der Waals surface area contributed by atoms with Gasteiger partial charge < -0.3 is 4.43 Å². The smallest absolute Gasteiger partial charge is 0.190 e. The molecular formula is C26H42O2Si. The monoisotopic (exact) mass is 414 g/mol. The molecule has 3 fully saturated rings. The van der Waals surface area contributed by atoms with E-state index in [1.54, 1.807) is 5.57 Å². The standard InChI is InChI=1S/C26H42O2Si/c1-7-16-29(5,6)28-20-12-14-25(3)19(17-20)8-9-21-23-11-10-22(18(2)27)26(23,4)15-13-24(21)25/h7-8,20-24H,1,9-17H2,2-6H3/t20?,21-,22+,23-,24-,25-,26+/m0/s1. The van der Waals surface area contributed by atoms with Crippen LogP contribution in [-0.2, 0) is 9.22 Å². The van der Waals surface area contributed by atoms with E-state index < -0.39 is 8.32 Å². The average Bonchev–Trinajstić information content (AvgIpc) is 2.99. The summed E-state index contributed by atoms with van der Waals surface area (Å²) in [4.78, 5) is 12.3. The first-order chi connectivity index (χ1) is 13.6. The number of rotatable bonds is 5. The molecule has 3 saturated carbocycles. The van der Waals surface area contributed by atoms with Gasteiger partial charge in [-0.3, -0.25) is 4.79 Å². The van der Waals surface area contributed by atoms with Crippen molar-refractivity contribution in [2.24, 2.45) is 34.5 Å². The van der Waals surface area contributed by atoms with Gasteiger partial charge in [0.15, 0.2) is 8.32 Å². The quantitative estimate of drug-likeness (QED) is 0.360. The van der Waals surface area contributed by atoms with Crippen LogP contribution in [0.4, 0.5) is 0 Å². The van der Waals surface area contributed by atoms with E-state index >= 15 is 0 Å². The second-order valence-electron chi connectivity index (χ2n) is 11.8. The first kappa shape index (κ1) is 21.6. The van der Waals surface area contributed by atoms with Crippen LogP contribution in [0.25, 0.3) is 0 Å². The van der Waals surface area contributed by atoms with Crippen LogP contribution in [0.5, 0.6) is 0 Å². The molecule has 0 bridgehead atoms. The zero-order chi connectivity index (χ0) is 21.0. The summed E-state index contributed by atoms with van der Waals surface area (Å²) < 4.78 is 6.66. The number of Topliss-reactive ketones (excluding diaryl/α,β-unsaturated/α-hetero) is 1. The van der Waals surface area contributed by atoms with Crippen LogP contribution in [-0.4, -0.2) is 20.2 Å². The molecule has 0 aliphatic heterocycles. The van der Waals surface area contributed by atoms with E-state index in [4.69, 9.17) is 4.43 Å². The Hall–Kier alpha value is -0.673. The van der Waals surface area contributed by atoms with Crippen molar-refractivity contribution in [1.29, 1.82) is 0 Å². The molecule has 0 aromatic heterocycles. The van der Waals surface area contributed by atoms with Crippen LogP contribution in [0, 0.1) is 34.5 Å². The maximum Gasteiger partial charge on any atom is 0.190 e. The van der Waals surface area contributed by atoms with E-state index in [0.29, 0.717) is 23.2 Å². The molecule has 1 unspecified atom stereocenters. The third kappa shape index (κ3) is 3.54. The van der Waals surface area contributed by atoms with Gasteiger partial charge in [0, 0.05) is 12.0 Å². The van der Waals surface area contributed by atoms with E-state index in [9.17, 15) is 4.79 Å². The Kier molecular flexibility index (Phi) is 5.56. The summed E-state index contributed by atoms with van der Waals surface area (Å²) in [5.41, 5.74) is 2.32. The minimum Gasteiger partial charge on any atom is -0.414 e. The third-order valence-corrected chi connectivity index (χ3v) is 11.9. The van der Waals surface area contributed by atoms with Crippen molar-refractivity contribution in [3.8, 4) is 0 Å². The number of hydrogen-bond donors (Lipinski definition) is 0. The van der Waals surface area contributed by atoms with E-state index in [-0.39, 0.29) is 5.41 Å². The van der Waals surface area contributed by atoms with Gasteiger partial charge in [0.2, 0.25) is 0 Å². The zero-order valence-electron chi connectivity index (χ0n) is 19.4. The summed E-state index contributed by atoms with van der Waals surface area (Å²) in [7, 11) is -1.63. The zero-order valence-corrected chi connectivity index (χ0v) is 20.4. The van der Waals surface area contributed by atoms with Crippen LogP contribution >= 0.6 is 0 Å². The average molecular weight is 415 g/mol. The van der Waals surface area contributed by atoms with Crippen LogP contribution in [0.3, 0.4) is 0 Å². The Labute approximate surface area is 179 Å². The fraction of sp³-hybridized carbons (Fsp3) is 0.808. The highest BCUT2D eigenvalue weighted by molar-refractivity contribution is 6.71. The predicted molar refractivity (Wildman–Crippen MR) is 123 cm³/mol. The minimum atomic E-state index is -1.63. The molecule has 0 aromatic carbocycles. The molecule has 0 aromatic rings. The molecule has 0 N–H and O–H groups in total. The molecule has 4 aliphatic rings. The predicted octanol–water partition coefficient (Wildman–Crippen LogP) is 6.93. The number of carbonyl (C=O) groups is 1. The second-order valence-corrected chi connectivity index (χ2v) is 15.9. The van der Waals surface area contributed by atoms with Crippen molar-refractivity contribution in [3.63, 3.8) is 0 Å². The lowest BCUT2D eigenvalue weighted by molar-refractivity contribution is -0.127. The SMILES string of the molecule is C=CC[Si](C)(C)OC1CC[C@@]2(C)C(=CC[C@H]3[C@@H]4CC[C@H](C(C)=O)[C@@]4(C)CC[C@@H]32)C1. The molecule has 0 heterocycles. The molecule has 29 heavy (non-hydrogen) atoms. The van der Waals surface area contributed by atoms with Gasteiger partial charge in [-0.1, -0.05) is 31.6 Å². The Morgan fingerprint density at radius 1 is 1.21 bits per heavy atom. The van der Waals surface area contributed by atoms with Gasteiger partial charge in [0.25, 0.3) is 0 Å². The summed E-state index contributed by atoms with van der Waals surface area (Å²) in [5.74, 6) is 3.10. The highest BCUT2D eigenvalue weighted by Crippen LogP contribution is 2.66. The first-order valence-electron chi connectivity index (χ1n) is 12.1. The lowest BCUT2D eigenvalue weighted by atomic mass is 9.47. The van der Waals surface area contributed by atoms with Gasteiger partial charge in [-0.2, -0.15) is 0 Å². The normalized spacial score (nSPS) is 44.3. The summed E-state index contributed by atoms with van der Waals surface area (Å²) in [6, 6.07) is 1.04. The molecule has 162 valence electrons. The van der Waals surface area contributed by atoms with Crippen molar-refractivity contribution >= 4 is 14.1 Å². The van der Waals surface area contributed by atoms with Crippen molar-refractivity contribution in [1.82, 2.24) is 0 Å². The van der Waals surface area contributed by atoms with Crippen LogP contribution < -0.4 is 0 Å². The van der Waals surface area contributed by atoms with Gasteiger partial charge in [-0.05, 0) is 106 Å². The highest BCUT2D eigenvalue weighted by atomic mass is 28.4. The van der Waals surface area contributed by atoms with Gasteiger partial charge in [-0.25, -0.2) is 0 Å². The molecule has 0 radical (unpaired) electrons. The molecule has 7 atom stereocenters. The molecule has 3 heteroatoms. The topological polar surface area (TPSA) is 26.3 Å². The van der Waals surface area contributed by atoms with Crippen LogP contribution in [0.2, 0.25) is 19.1 Å². The summed E-state index contributed by atoms with van der Waals surface area (Å²) in [5, 5.41) is 0. The summed E-state index contributed by atoms with van der Waals surface area (Å²) in [6.07, 6.45) is 14.9. The van der Waals surface area contributed by atoms with Gasteiger partial charge >= 0.3 is 0 Å². The number of ketones is 1. The molecular weight excluding hydrogens is 372 g/mol. The Balaban J connectivity index is 1.53. The van der Waals surface area contributed by atoms with E-state index in [2.05, 4.69) is 39.6 Å².